The molecule has 2 aliphatic heterocycles. The first kappa shape index (κ1) is 17.4. The summed E-state index contributed by atoms with van der Waals surface area (Å²) >= 11 is 0. The SMILES string of the molecule is CCN1CCCC[C@H]1C1CN(CCc2ccccc2)CCN1C=O. The van der Waals surface area contributed by atoms with Crippen LogP contribution in [0.15, 0.2) is 30.3 Å². The molecule has 0 N–H and O–H groups in total. The molecule has 24 heavy (non-hydrogen) atoms. The molecule has 2 heterocycles. The Morgan fingerprint density at radius 3 is 2.67 bits per heavy atom. The van der Waals surface area contributed by atoms with Crippen LogP contribution in [0.25, 0.3) is 0 Å². The summed E-state index contributed by atoms with van der Waals surface area (Å²) in [7, 11) is 0. The number of benzene rings is 1. The molecule has 2 atom stereocenters. The van der Waals surface area contributed by atoms with Gasteiger partial charge in [-0.1, -0.05) is 43.7 Å². The van der Waals surface area contributed by atoms with E-state index in [4.69, 9.17) is 0 Å². The van der Waals surface area contributed by atoms with Crippen molar-refractivity contribution in [2.45, 2.75) is 44.7 Å². The van der Waals surface area contributed by atoms with Gasteiger partial charge in [-0.25, -0.2) is 0 Å². The zero-order valence-electron chi connectivity index (χ0n) is 14.9. The van der Waals surface area contributed by atoms with Crippen molar-refractivity contribution in [2.75, 3.05) is 39.3 Å². The number of piperidine rings is 1. The van der Waals surface area contributed by atoms with Gasteiger partial charge in [0.2, 0.25) is 6.41 Å². The second-order valence-corrected chi connectivity index (χ2v) is 7.14. The van der Waals surface area contributed by atoms with Gasteiger partial charge in [0, 0.05) is 32.2 Å². The van der Waals surface area contributed by atoms with Gasteiger partial charge < -0.3 is 4.90 Å². The number of rotatable bonds is 6. The van der Waals surface area contributed by atoms with Crippen LogP contribution in [0.4, 0.5) is 0 Å². The highest BCUT2D eigenvalue weighted by atomic mass is 16.1. The molecule has 0 aromatic heterocycles. The zero-order valence-corrected chi connectivity index (χ0v) is 14.9. The monoisotopic (exact) mass is 329 g/mol. The summed E-state index contributed by atoms with van der Waals surface area (Å²) in [6.07, 6.45) is 6.01. The lowest BCUT2D eigenvalue weighted by Crippen LogP contribution is -2.62. The molecule has 1 aromatic rings. The molecule has 0 bridgehead atoms. The average Bonchev–Trinajstić information content (AvgIpc) is 2.67. The fourth-order valence-electron chi connectivity index (χ4n) is 4.34. The fraction of sp³-hybridized carbons (Fsp3) is 0.650. The number of likely N-dealkylation sites (N-methyl/N-ethyl adjacent to an activating group) is 1. The van der Waals surface area contributed by atoms with Crippen molar-refractivity contribution in [3.8, 4) is 0 Å². The van der Waals surface area contributed by atoms with Gasteiger partial charge in [-0.2, -0.15) is 0 Å². The number of piperazine rings is 1. The molecule has 0 radical (unpaired) electrons. The minimum absolute atomic E-state index is 0.354. The van der Waals surface area contributed by atoms with Crippen molar-refractivity contribution in [1.29, 1.82) is 0 Å². The van der Waals surface area contributed by atoms with Crippen molar-refractivity contribution in [3.63, 3.8) is 0 Å². The van der Waals surface area contributed by atoms with Crippen LogP contribution in [-0.4, -0.2) is 72.5 Å². The first-order valence-corrected chi connectivity index (χ1v) is 9.53. The van der Waals surface area contributed by atoms with Gasteiger partial charge in [0.05, 0.1) is 6.04 Å². The van der Waals surface area contributed by atoms with E-state index in [1.54, 1.807) is 0 Å². The number of hydrogen-bond donors (Lipinski definition) is 0. The van der Waals surface area contributed by atoms with Crippen molar-refractivity contribution in [2.24, 2.45) is 0 Å². The van der Waals surface area contributed by atoms with Crippen LogP contribution >= 0.6 is 0 Å². The Balaban J connectivity index is 1.62. The smallest absolute Gasteiger partial charge is 0.210 e. The largest absolute Gasteiger partial charge is 0.338 e. The summed E-state index contributed by atoms with van der Waals surface area (Å²) in [4.78, 5) is 18.8. The molecule has 132 valence electrons. The molecule has 1 aromatic carbocycles. The van der Waals surface area contributed by atoms with Crippen molar-refractivity contribution < 1.29 is 4.79 Å². The lowest BCUT2D eigenvalue weighted by atomic mass is 9.93. The van der Waals surface area contributed by atoms with E-state index < -0.39 is 0 Å². The van der Waals surface area contributed by atoms with E-state index in [0.29, 0.717) is 12.1 Å². The molecular formula is C20H31N3O. The van der Waals surface area contributed by atoms with Crippen molar-refractivity contribution in [1.82, 2.24) is 14.7 Å². The Hall–Kier alpha value is -1.39. The highest BCUT2D eigenvalue weighted by Crippen LogP contribution is 2.24. The molecule has 1 amide bonds. The molecule has 2 aliphatic rings. The van der Waals surface area contributed by atoms with Gasteiger partial charge in [0.15, 0.2) is 0 Å². The topological polar surface area (TPSA) is 26.8 Å². The third-order valence-corrected chi connectivity index (χ3v) is 5.76. The minimum Gasteiger partial charge on any atom is -0.338 e. The van der Waals surface area contributed by atoms with E-state index in [1.165, 1.54) is 31.4 Å². The molecule has 2 fully saturated rings. The number of carbonyl (C=O) groups is 1. The quantitative estimate of drug-likeness (QED) is 0.749. The predicted molar refractivity (Wildman–Crippen MR) is 98.0 cm³/mol. The first-order chi connectivity index (χ1) is 11.8. The van der Waals surface area contributed by atoms with E-state index in [2.05, 4.69) is 52.0 Å². The van der Waals surface area contributed by atoms with E-state index in [0.717, 1.165) is 45.6 Å². The minimum atomic E-state index is 0.354. The summed E-state index contributed by atoms with van der Waals surface area (Å²) in [5, 5.41) is 0. The maximum absolute atomic E-state index is 11.6. The lowest BCUT2D eigenvalue weighted by molar-refractivity contribution is -0.125. The lowest BCUT2D eigenvalue weighted by Gasteiger charge is -2.48. The molecule has 3 rings (SSSR count). The summed E-state index contributed by atoms with van der Waals surface area (Å²) < 4.78 is 0. The number of amides is 1. The fourth-order valence-corrected chi connectivity index (χ4v) is 4.34. The summed E-state index contributed by atoms with van der Waals surface area (Å²) in [5.74, 6) is 0. The Labute approximate surface area is 146 Å². The molecule has 0 aliphatic carbocycles. The van der Waals surface area contributed by atoms with Crippen LogP contribution in [-0.2, 0) is 11.2 Å². The van der Waals surface area contributed by atoms with Crippen LogP contribution in [0.5, 0.6) is 0 Å². The number of nitrogens with zero attached hydrogens (tertiary/aromatic N) is 3. The zero-order chi connectivity index (χ0) is 16.8. The maximum Gasteiger partial charge on any atom is 0.210 e. The molecule has 4 heteroatoms. The molecule has 0 spiro atoms. The Kier molecular flexibility index (Phi) is 6.27. The average molecular weight is 329 g/mol. The first-order valence-electron chi connectivity index (χ1n) is 9.53. The molecular weight excluding hydrogens is 298 g/mol. The number of likely N-dealkylation sites (tertiary alicyclic amines) is 1. The number of carbonyl (C=O) groups excluding carboxylic acids is 1. The van der Waals surface area contributed by atoms with Crippen LogP contribution < -0.4 is 0 Å². The van der Waals surface area contributed by atoms with Gasteiger partial charge in [0.1, 0.15) is 0 Å². The summed E-state index contributed by atoms with van der Waals surface area (Å²) in [5.41, 5.74) is 1.40. The third kappa shape index (κ3) is 4.17. The van der Waals surface area contributed by atoms with Crippen LogP contribution in [0.3, 0.4) is 0 Å². The second-order valence-electron chi connectivity index (χ2n) is 7.14. The van der Waals surface area contributed by atoms with Gasteiger partial charge >= 0.3 is 0 Å². The van der Waals surface area contributed by atoms with E-state index >= 15 is 0 Å². The Morgan fingerprint density at radius 2 is 1.92 bits per heavy atom. The standard InChI is InChI=1S/C20H31N3O/c1-2-22-12-7-6-10-19(22)20-16-21(14-15-23(20)17-24)13-11-18-8-4-3-5-9-18/h3-5,8-9,17,19-20H,2,6-7,10-16H2,1H3/t19-,20?/m0/s1. The highest BCUT2D eigenvalue weighted by molar-refractivity contribution is 5.48. The highest BCUT2D eigenvalue weighted by Gasteiger charge is 2.36. The van der Waals surface area contributed by atoms with Crippen molar-refractivity contribution in [3.05, 3.63) is 35.9 Å². The molecule has 2 saturated heterocycles. The molecule has 0 saturated carbocycles. The van der Waals surface area contributed by atoms with Crippen LogP contribution in [0.2, 0.25) is 0 Å². The normalized spacial score (nSPS) is 26.5. The molecule has 1 unspecified atom stereocenters. The third-order valence-electron chi connectivity index (χ3n) is 5.76. The Bertz CT molecular complexity index is 507. The van der Waals surface area contributed by atoms with E-state index in [-0.39, 0.29) is 0 Å². The van der Waals surface area contributed by atoms with E-state index in [1.807, 2.05) is 0 Å². The van der Waals surface area contributed by atoms with Crippen LogP contribution in [0, 0.1) is 0 Å². The van der Waals surface area contributed by atoms with Gasteiger partial charge in [0.25, 0.3) is 0 Å². The molecule has 4 nitrogen and oxygen atoms in total. The van der Waals surface area contributed by atoms with Crippen molar-refractivity contribution >= 4 is 6.41 Å². The summed E-state index contributed by atoms with van der Waals surface area (Å²) in [6, 6.07) is 11.6. The van der Waals surface area contributed by atoms with Gasteiger partial charge in [-0.05, 0) is 37.9 Å². The number of hydrogen-bond acceptors (Lipinski definition) is 3. The second kappa shape index (κ2) is 8.63. The van der Waals surface area contributed by atoms with Gasteiger partial charge in [-0.3, -0.25) is 14.6 Å². The summed E-state index contributed by atoms with van der Waals surface area (Å²) in [6.45, 7) is 8.52. The maximum atomic E-state index is 11.6. The van der Waals surface area contributed by atoms with Crippen LogP contribution in [0.1, 0.15) is 31.7 Å². The Morgan fingerprint density at radius 1 is 1.08 bits per heavy atom. The predicted octanol–water partition coefficient (Wildman–Crippen LogP) is 2.25. The van der Waals surface area contributed by atoms with Gasteiger partial charge in [-0.15, -0.1) is 0 Å². The van der Waals surface area contributed by atoms with E-state index in [9.17, 15) is 4.79 Å².